The number of pyridine rings is 1. The van der Waals surface area contributed by atoms with Gasteiger partial charge in [0.25, 0.3) is 17.4 Å². The first-order chi connectivity index (χ1) is 15.4. The molecule has 0 spiro atoms. The summed E-state index contributed by atoms with van der Waals surface area (Å²) in [6, 6.07) is 22.1. The molecular formula is C25H20ClN3O3. The Morgan fingerprint density at radius 3 is 2.34 bits per heavy atom. The maximum Gasteiger partial charge on any atom is 0.270 e. The van der Waals surface area contributed by atoms with Crippen molar-refractivity contribution in [3.8, 4) is 0 Å². The summed E-state index contributed by atoms with van der Waals surface area (Å²) < 4.78 is 1.04. The van der Waals surface area contributed by atoms with E-state index in [-0.39, 0.29) is 5.56 Å². The number of benzene rings is 3. The van der Waals surface area contributed by atoms with E-state index in [9.17, 15) is 14.4 Å². The molecular weight excluding hydrogens is 426 g/mol. The van der Waals surface area contributed by atoms with E-state index in [2.05, 4.69) is 5.32 Å². The molecule has 0 aliphatic carbocycles. The van der Waals surface area contributed by atoms with E-state index >= 15 is 0 Å². The van der Waals surface area contributed by atoms with Crippen molar-refractivity contribution in [3.05, 3.63) is 111 Å². The van der Waals surface area contributed by atoms with Crippen LogP contribution in [0.5, 0.6) is 0 Å². The first-order valence-corrected chi connectivity index (χ1v) is 10.4. The number of anilines is 1. The molecule has 7 heteroatoms. The van der Waals surface area contributed by atoms with E-state index in [0.29, 0.717) is 40.1 Å². The van der Waals surface area contributed by atoms with Crippen molar-refractivity contribution in [2.45, 2.75) is 6.42 Å². The number of carbonyl (C=O) groups excluding carboxylic acids is 2. The maximum absolute atomic E-state index is 13.2. The summed E-state index contributed by atoms with van der Waals surface area (Å²) >= 11 is 5.89. The quantitative estimate of drug-likeness (QED) is 0.455. The fourth-order valence-corrected chi connectivity index (χ4v) is 3.57. The zero-order valence-electron chi connectivity index (χ0n) is 17.0. The minimum absolute atomic E-state index is 0.0939. The van der Waals surface area contributed by atoms with Crippen LogP contribution in [0.2, 0.25) is 5.02 Å². The first kappa shape index (κ1) is 21.3. The summed E-state index contributed by atoms with van der Waals surface area (Å²) in [5.74, 6) is -1.06. The number of rotatable bonds is 5. The van der Waals surface area contributed by atoms with Crippen molar-refractivity contribution in [3.63, 3.8) is 0 Å². The molecule has 0 bridgehead atoms. The third kappa shape index (κ3) is 4.40. The summed E-state index contributed by atoms with van der Waals surface area (Å²) in [5.41, 5.74) is 7.18. The Morgan fingerprint density at radius 2 is 1.62 bits per heavy atom. The summed E-state index contributed by atoms with van der Waals surface area (Å²) in [5, 5.41) is 4.02. The highest BCUT2D eigenvalue weighted by molar-refractivity contribution is 6.30. The number of nitrogens with two attached hydrogens (primary N) is 1. The first-order valence-electron chi connectivity index (χ1n) is 10.0. The van der Waals surface area contributed by atoms with Crippen molar-refractivity contribution in [1.82, 2.24) is 9.88 Å². The monoisotopic (exact) mass is 445 g/mol. The van der Waals surface area contributed by atoms with Crippen LogP contribution in [0.15, 0.2) is 83.7 Å². The number of nitrogen functional groups attached to an aromatic ring is 1. The summed E-state index contributed by atoms with van der Waals surface area (Å²) in [6.45, 7) is 0.332. The van der Waals surface area contributed by atoms with Crippen molar-refractivity contribution in [2.75, 3.05) is 12.3 Å². The predicted molar refractivity (Wildman–Crippen MR) is 126 cm³/mol. The summed E-state index contributed by atoms with van der Waals surface area (Å²) in [7, 11) is 0. The Kier molecular flexibility index (Phi) is 6.05. The minimum atomic E-state index is -0.672. The van der Waals surface area contributed by atoms with Crippen LogP contribution in [0.4, 0.5) is 5.69 Å². The number of nitrogens with zero attached hydrogens (tertiary/aromatic N) is 1. The fraction of sp³-hybridized carbons (Fsp3) is 0.0800. The van der Waals surface area contributed by atoms with Crippen molar-refractivity contribution in [1.29, 1.82) is 0 Å². The molecule has 160 valence electrons. The molecule has 0 unspecified atom stereocenters. The SMILES string of the molecule is Nc1ccc(C(=O)n2c(=O)c(C(=O)NCCc3ccc(Cl)cc3)cc3ccccc32)cc1. The van der Waals surface area contributed by atoms with Crippen LogP contribution < -0.4 is 16.6 Å². The molecule has 0 atom stereocenters. The van der Waals surface area contributed by atoms with Gasteiger partial charge in [-0.05, 0) is 65.9 Å². The van der Waals surface area contributed by atoms with Gasteiger partial charge >= 0.3 is 0 Å². The van der Waals surface area contributed by atoms with Crippen molar-refractivity contribution >= 4 is 40.0 Å². The van der Waals surface area contributed by atoms with Gasteiger partial charge in [0.15, 0.2) is 0 Å². The molecule has 4 aromatic rings. The van der Waals surface area contributed by atoms with Gasteiger partial charge in [-0.3, -0.25) is 14.4 Å². The number of carbonyl (C=O) groups is 2. The third-order valence-electron chi connectivity index (χ3n) is 5.13. The lowest BCUT2D eigenvalue weighted by Gasteiger charge is -2.12. The van der Waals surface area contributed by atoms with Crippen LogP contribution in [0.1, 0.15) is 26.3 Å². The fourth-order valence-electron chi connectivity index (χ4n) is 3.45. The molecule has 6 nitrogen and oxygen atoms in total. The van der Waals surface area contributed by atoms with E-state index in [4.69, 9.17) is 17.3 Å². The van der Waals surface area contributed by atoms with E-state index in [1.807, 2.05) is 12.1 Å². The van der Waals surface area contributed by atoms with Crippen molar-refractivity contribution in [2.24, 2.45) is 0 Å². The van der Waals surface area contributed by atoms with Crippen LogP contribution >= 0.6 is 11.6 Å². The van der Waals surface area contributed by atoms with Crippen LogP contribution in [-0.4, -0.2) is 22.9 Å². The number of hydrogen-bond donors (Lipinski definition) is 2. The number of para-hydroxylation sites is 1. The largest absolute Gasteiger partial charge is 0.399 e. The maximum atomic E-state index is 13.2. The van der Waals surface area contributed by atoms with Gasteiger partial charge in [0.2, 0.25) is 0 Å². The minimum Gasteiger partial charge on any atom is -0.399 e. The second-order valence-electron chi connectivity index (χ2n) is 7.32. The zero-order valence-corrected chi connectivity index (χ0v) is 17.8. The summed E-state index contributed by atoms with van der Waals surface area (Å²) in [6.07, 6.45) is 0.578. The molecule has 0 aliphatic heterocycles. The van der Waals surface area contributed by atoms with Gasteiger partial charge in [-0.25, -0.2) is 4.57 Å². The number of fused-ring (bicyclic) bond motifs is 1. The van der Waals surface area contributed by atoms with Gasteiger partial charge in [0, 0.05) is 22.8 Å². The molecule has 32 heavy (non-hydrogen) atoms. The van der Waals surface area contributed by atoms with Gasteiger partial charge in [-0.15, -0.1) is 0 Å². The van der Waals surface area contributed by atoms with Gasteiger partial charge in [0.05, 0.1) is 5.52 Å². The molecule has 0 fully saturated rings. The summed E-state index contributed by atoms with van der Waals surface area (Å²) in [4.78, 5) is 39.2. The van der Waals surface area contributed by atoms with E-state index < -0.39 is 17.4 Å². The molecule has 1 heterocycles. The Labute approximate surface area is 189 Å². The number of amides is 1. The van der Waals surface area contributed by atoms with E-state index in [1.165, 1.54) is 6.07 Å². The lowest BCUT2D eigenvalue weighted by molar-refractivity contribution is 0.0949. The van der Waals surface area contributed by atoms with E-state index in [0.717, 1.165) is 10.1 Å². The second kappa shape index (κ2) is 9.08. The Bertz CT molecular complexity index is 1360. The zero-order chi connectivity index (χ0) is 22.7. The highest BCUT2D eigenvalue weighted by atomic mass is 35.5. The standard InChI is InChI=1S/C25H20ClN3O3/c26-19-9-5-16(6-10-19)13-14-28-23(30)21-15-18-3-1-2-4-22(18)29(25(21)32)24(31)17-7-11-20(27)12-8-17/h1-12,15H,13-14,27H2,(H,28,30). The third-order valence-corrected chi connectivity index (χ3v) is 5.38. The van der Waals surface area contributed by atoms with Gasteiger partial charge < -0.3 is 11.1 Å². The molecule has 4 rings (SSSR count). The normalized spacial score (nSPS) is 10.8. The van der Waals surface area contributed by atoms with Crippen LogP contribution in [0.3, 0.4) is 0 Å². The van der Waals surface area contributed by atoms with Gasteiger partial charge in [-0.2, -0.15) is 0 Å². The average Bonchev–Trinajstić information content (AvgIpc) is 2.80. The highest BCUT2D eigenvalue weighted by Gasteiger charge is 2.20. The second-order valence-corrected chi connectivity index (χ2v) is 7.75. The molecule has 3 N–H and O–H groups in total. The Morgan fingerprint density at radius 1 is 0.938 bits per heavy atom. The topological polar surface area (TPSA) is 94.2 Å². The number of halogens is 1. The average molecular weight is 446 g/mol. The highest BCUT2D eigenvalue weighted by Crippen LogP contribution is 2.16. The molecule has 0 saturated heterocycles. The molecule has 0 saturated carbocycles. The van der Waals surface area contributed by atoms with Crippen LogP contribution in [0.25, 0.3) is 10.9 Å². The van der Waals surface area contributed by atoms with Crippen LogP contribution in [-0.2, 0) is 6.42 Å². The molecule has 0 radical (unpaired) electrons. The van der Waals surface area contributed by atoms with Gasteiger partial charge in [-0.1, -0.05) is 41.9 Å². The number of hydrogen-bond acceptors (Lipinski definition) is 4. The lowest BCUT2D eigenvalue weighted by atomic mass is 10.1. The molecule has 1 amide bonds. The Balaban J connectivity index is 1.66. The van der Waals surface area contributed by atoms with Crippen LogP contribution in [0, 0.1) is 0 Å². The molecule has 3 aromatic carbocycles. The predicted octanol–water partition coefficient (Wildman–Crippen LogP) is 3.90. The van der Waals surface area contributed by atoms with E-state index in [1.54, 1.807) is 60.7 Å². The Hall–Kier alpha value is -3.90. The molecule has 1 aromatic heterocycles. The molecule has 0 aliphatic rings. The number of aromatic nitrogens is 1. The van der Waals surface area contributed by atoms with Gasteiger partial charge in [0.1, 0.15) is 5.56 Å². The van der Waals surface area contributed by atoms with Crippen molar-refractivity contribution < 1.29 is 9.59 Å². The lowest BCUT2D eigenvalue weighted by Crippen LogP contribution is -2.36. The number of nitrogens with one attached hydrogen (secondary N) is 1. The smallest absolute Gasteiger partial charge is 0.270 e.